The summed E-state index contributed by atoms with van der Waals surface area (Å²) in [6.07, 6.45) is -4.64. The van der Waals surface area contributed by atoms with E-state index in [1.165, 1.54) is 0 Å². The zero-order valence-electron chi connectivity index (χ0n) is 12.6. The SMILES string of the molecule is N#Cc1nc(-c2nn(-c3c(Cl)cc(C(F)(F)F)cc3Cl)nc2Cl)[nH]c1C#N. The average molecular weight is 433 g/mol. The van der Waals surface area contributed by atoms with Crippen molar-refractivity contribution in [1.82, 2.24) is 25.0 Å². The Morgan fingerprint density at radius 3 is 2.15 bits per heavy atom. The summed E-state index contributed by atoms with van der Waals surface area (Å²) in [5.74, 6) is -0.0292. The Morgan fingerprint density at radius 1 is 1.04 bits per heavy atom. The number of aromatic amines is 1. The first-order valence-electron chi connectivity index (χ1n) is 6.75. The minimum Gasteiger partial charge on any atom is -0.327 e. The molecule has 2 aromatic heterocycles. The summed E-state index contributed by atoms with van der Waals surface area (Å²) in [6.45, 7) is 0. The molecular weight excluding hydrogens is 430 g/mol. The Hall–Kier alpha value is -2.79. The second-order valence-electron chi connectivity index (χ2n) is 4.95. The first kappa shape index (κ1) is 19.0. The number of nitrogens with one attached hydrogen (secondary N) is 1. The second kappa shape index (κ2) is 6.74. The van der Waals surface area contributed by atoms with Crippen LogP contribution in [0.1, 0.15) is 17.0 Å². The predicted octanol–water partition coefficient (Wildman–Crippen LogP) is 4.38. The lowest BCUT2D eigenvalue weighted by atomic mass is 10.2. The number of imidazole rings is 1. The maximum absolute atomic E-state index is 12.8. The van der Waals surface area contributed by atoms with Crippen LogP contribution < -0.4 is 0 Å². The highest BCUT2D eigenvalue weighted by Gasteiger charge is 2.32. The summed E-state index contributed by atoms with van der Waals surface area (Å²) in [5.41, 5.74) is -1.51. The Morgan fingerprint density at radius 2 is 1.67 bits per heavy atom. The number of halogens is 6. The van der Waals surface area contributed by atoms with Gasteiger partial charge in [-0.1, -0.05) is 34.8 Å². The first-order chi connectivity index (χ1) is 12.7. The summed E-state index contributed by atoms with van der Waals surface area (Å²) in [7, 11) is 0. The van der Waals surface area contributed by atoms with Gasteiger partial charge in [0.1, 0.15) is 17.8 Å². The number of alkyl halides is 3. The molecule has 136 valence electrons. The monoisotopic (exact) mass is 431 g/mol. The van der Waals surface area contributed by atoms with Crippen molar-refractivity contribution >= 4 is 34.8 Å². The van der Waals surface area contributed by atoms with Crippen LogP contribution in [0.25, 0.3) is 17.2 Å². The Kier molecular flexibility index (Phi) is 4.74. The fraction of sp³-hybridized carbons (Fsp3) is 0.0714. The fourth-order valence-corrected chi connectivity index (χ4v) is 2.94. The van der Waals surface area contributed by atoms with Crippen LogP contribution in [0.15, 0.2) is 12.1 Å². The lowest BCUT2D eigenvalue weighted by Crippen LogP contribution is -2.08. The molecule has 0 saturated carbocycles. The van der Waals surface area contributed by atoms with Gasteiger partial charge in [0.05, 0.1) is 15.6 Å². The van der Waals surface area contributed by atoms with Gasteiger partial charge in [-0.3, -0.25) is 0 Å². The van der Waals surface area contributed by atoms with Crippen molar-refractivity contribution in [3.63, 3.8) is 0 Å². The third kappa shape index (κ3) is 3.43. The molecule has 0 amide bonds. The number of nitriles is 2. The van der Waals surface area contributed by atoms with Crippen LogP contribution in [-0.4, -0.2) is 25.0 Å². The van der Waals surface area contributed by atoms with Gasteiger partial charge in [-0.15, -0.1) is 15.0 Å². The van der Waals surface area contributed by atoms with E-state index in [1.807, 2.05) is 0 Å². The third-order valence-electron chi connectivity index (χ3n) is 3.26. The van der Waals surface area contributed by atoms with Crippen LogP contribution in [0.5, 0.6) is 0 Å². The molecule has 27 heavy (non-hydrogen) atoms. The highest BCUT2D eigenvalue weighted by atomic mass is 35.5. The van der Waals surface area contributed by atoms with Gasteiger partial charge < -0.3 is 4.98 Å². The molecule has 0 aliphatic rings. The minimum atomic E-state index is -4.64. The fourth-order valence-electron chi connectivity index (χ4n) is 2.10. The normalized spacial score (nSPS) is 11.3. The summed E-state index contributed by atoms with van der Waals surface area (Å²) < 4.78 is 38.5. The van der Waals surface area contributed by atoms with Crippen molar-refractivity contribution in [2.75, 3.05) is 0 Å². The number of nitrogens with zero attached hydrogens (tertiary/aromatic N) is 6. The van der Waals surface area contributed by atoms with Crippen LogP contribution in [0.4, 0.5) is 13.2 Å². The zero-order chi connectivity index (χ0) is 19.9. The molecule has 13 heteroatoms. The van der Waals surface area contributed by atoms with E-state index in [2.05, 4.69) is 20.2 Å². The summed E-state index contributed by atoms with van der Waals surface area (Å²) in [6, 6.07) is 4.82. The van der Waals surface area contributed by atoms with E-state index in [0.29, 0.717) is 12.1 Å². The van der Waals surface area contributed by atoms with E-state index < -0.39 is 11.7 Å². The standard InChI is InChI=1S/C14H3Cl3F3N7/c15-6-1-5(14(18,19)20)2-7(16)11(6)27-25-10(12(17)26-27)13-23-8(3-21)9(4-22)24-13/h1-2H,(H,23,24). The van der Waals surface area contributed by atoms with Crippen molar-refractivity contribution in [1.29, 1.82) is 10.5 Å². The lowest BCUT2D eigenvalue weighted by Gasteiger charge is -2.11. The smallest absolute Gasteiger partial charge is 0.327 e. The topological polar surface area (TPSA) is 107 Å². The van der Waals surface area contributed by atoms with E-state index in [1.54, 1.807) is 12.1 Å². The van der Waals surface area contributed by atoms with Crippen LogP contribution in [-0.2, 0) is 6.18 Å². The van der Waals surface area contributed by atoms with Gasteiger partial charge >= 0.3 is 6.18 Å². The Labute approximate surface area is 163 Å². The lowest BCUT2D eigenvalue weighted by molar-refractivity contribution is -0.137. The van der Waals surface area contributed by atoms with E-state index in [4.69, 9.17) is 45.3 Å². The summed E-state index contributed by atoms with van der Waals surface area (Å²) in [5, 5.41) is 24.8. The minimum absolute atomic E-state index is 0.0292. The molecule has 0 spiro atoms. The summed E-state index contributed by atoms with van der Waals surface area (Å²) in [4.78, 5) is 7.26. The van der Waals surface area contributed by atoms with Crippen LogP contribution in [0, 0.1) is 22.7 Å². The molecule has 0 radical (unpaired) electrons. The highest BCUT2D eigenvalue weighted by molar-refractivity contribution is 6.38. The highest BCUT2D eigenvalue weighted by Crippen LogP contribution is 2.37. The molecule has 0 bridgehead atoms. The van der Waals surface area contributed by atoms with Crippen molar-refractivity contribution in [3.05, 3.63) is 44.3 Å². The van der Waals surface area contributed by atoms with Crippen LogP contribution in [0.2, 0.25) is 15.2 Å². The summed E-state index contributed by atoms with van der Waals surface area (Å²) >= 11 is 17.8. The largest absolute Gasteiger partial charge is 0.416 e. The molecule has 3 aromatic rings. The van der Waals surface area contributed by atoms with Crippen LogP contribution >= 0.6 is 34.8 Å². The van der Waals surface area contributed by atoms with Crippen molar-refractivity contribution in [3.8, 4) is 29.3 Å². The molecular formula is C14H3Cl3F3N7. The molecule has 1 aromatic carbocycles. The van der Waals surface area contributed by atoms with Gasteiger partial charge in [-0.2, -0.15) is 23.7 Å². The number of hydrogen-bond donors (Lipinski definition) is 1. The molecule has 7 nitrogen and oxygen atoms in total. The molecule has 0 atom stereocenters. The van der Waals surface area contributed by atoms with Gasteiger partial charge in [0, 0.05) is 0 Å². The van der Waals surface area contributed by atoms with Crippen molar-refractivity contribution in [2.24, 2.45) is 0 Å². The van der Waals surface area contributed by atoms with Gasteiger partial charge in [0.2, 0.25) is 0 Å². The van der Waals surface area contributed by atoms with E-state index in [0.717, 1.165) is 4.80 Å². The van der Waals surface area contributed by atoms with Gasteiger partial charge in [0.15, 0.2) is 28.1 Å². The number of hydrogen-bond acceptors (Lipinski definition) is 5. The van der Waals surface area contributed by atoms with E-state index in [-0.39, 0.29) is 43.8 Å². The second-order valence-corrected chi connectivity index (χ2v) is 6.12. The van der Waals surface area contributed by atoms with Crippen molar-refractivity contribution in [2.45, 2.75) is 6.18 Å². The van der Waals surface area contributed by atoms with E-state index in [9.17, 15) is 13.2 Å². The Bertz CT molecular complexity index is 1080. The number of benzene rings is 1. The van der Waals surface area contributed by atoms with Crippen molar-refractivity contribution < 1.29 is 13.2 Å². The molecule has 0 aliphatic heterocycles. The maximum Gasteiger partial charge on any atom is 0.416 e. The van der Waals surface area contributed by atoms with E-state index >= 15 is 0 Å². The third-order valence-corrected chi connectivity index (χ3v) is 4.09. The predicted molar refractivity (Wildman–Crippen MR) is 88.4 cm³/mol. The number of rotatable bonds is 2. The average Bonchev–Trinajstić information content (AvgIpc) is 3.16. The maximum atomic E-state index is 12.8. The number of aromatic nitrogens is 5. The molecule has 2 heterocycles. The molecule has 1 N–H and O–H groups in total. The Balaban J connectivity index is 2.12. The molecule has 0 saturated heterocycles. The van der Waals surface area contributed by atoms with Gasteiger partial charge in [-0.05, 0) is 12.1 Å². The molecule has 0 aliphatic carbocycles. The number of H-pyrrole nitrogens is 1. The first-order valence-corrected chi connectivity index (χ1v) is 7.89. The zero-order valence-corrected chi connectivity index (χ0v) is 14.9. The van der Waals surface area contributed by atoms with Gasteiger partial charge in [-0.25, -0.2) is 4.98 Å². The van der Waals surface area contributed by atoms with Gasteiger partial charge in [0.25, 0.3) is 0 Å². The van der Waals surface area contributed by atoms with Crippen LogP contribution in [0.3, 0.4) is 0 Å². The molecule has 0 unspecified atom stereocenters. The quantitative estimate of drug-likeness (QED) is 0.647. The molecule has 3 rings (SSSR count). The molecule has 0 fully saturated rings.